The van der Waals surface area contributed by atoms with E-state index < -0.39 is 65.2 Å². The second-order valence-corrected chi connectivity index (χ2v) is 29.9. The summed E-state index contributed by atoms with van der Waals surface area (Å²) in [5.74, 6) is -4.70. The van der Waals surface area contributed by atoms with Gasteiger partial charge in [0.05, 0.1) is 22.3 Å². The molecule has 2 heterocycles. The zero-order valence-corrected chi connectivity index (χ0v) is 63.8. The summed E-state index contributed by atoms with van der Waals surface area (Å²) in [6, 6.07) is 38.9. The van der Waals surface area contributed by atoms with Gasteiger partial charge < -0.3 is 44.7 Å². The number of Topliss-reactive ketones (excluding diaryl/α,β-unsaturated/α-hetero) is 1. The van der Waals surface area contributed by atoms with Crippen LogP contribution in [-0.4, -0.2) is 136 Å². The number of benzene rings is 9. The molecule has 112 heavy (non-hydrogen) atoms. The normalized spacial score (nSPS) is 14.9. The summed E-state index contributed by atoms with van der Waals surface area (Å²) >= 11 is 0. The van der Waals surface area contributed by atoms with E-state index in [1.807, 2.05) is 24.3 Å². The highest BCUT2D eigenvalue weighted by molar-refractivity contribution is 6.45. The molecule has 9 amide bonds. The lowest BCUT2D eigenvalue weighted by molar-refractivity contribution is -0.137. The third-order valence-electron chi connectivity index (χ3n) is 21.7. The largest absolute Gasteiger partial charge is 0.457 e. The summed E-state index contributed by atoms with van der Waals surface area (Å²) in [5, 5.41) is 10.3. The second kappa shape index (κ2) is 34.3. The number of ketones is 1. The van der Waals surface area contributed by atoms with Crippen LogP contribution in [0.5, 0.6) is 46.0 Å². The minimum absolute atomic E-state index is 0.0135. The molecule has 13 rings (SSSR count). The lowest BCUT2D eigenvalue weighted by atomic mass is 9.79. The maximum absolute atomic E-state index is 16.8. The minimum atomic E-state index is -1.44. The summed E-state index contributed by atoms with van der Waals surface area (Å²) in [6.07, 6.45) is 8.71. The number of carbonyl (C=O) groups excluding carboxylic acids is 10. The molecule has 0 saturated heterocycles. The molecule has 3 N–H and O–H groups in total. The van der Waals surface area contributed by atoms with Gasteiger partial charge in [-0.1, -0.05) is 163 Å². The molecule has 0 spiro atoms. The van der Waals surface area contributed by atoms with Crippen molar-refractivity contribution in [1.82, 2.24) is 35.6 Å². The molecule has 2 saturated carbocycles. The van der Waals surface area contributed by atoms with E-state index >= 15 is 28.8 Å². The Balaban J connectivity index is 1.10. The van der Waals surface area contributed by atoms with E-state index in [-0.39, 0.29) is 194 Å². The van der Waals surface area contributed by atoms with Crippen molar-refractivity contribution in [3.8, 4) is 46.0 Å². The van der Waals surface area contributed by atoms with Crippen molar-refractivity contribution in [3.05, 3.63) is 216 Å². The molecule has 0 aromatic heterocycles. The SMILES string of the molecule is C=C(C)C(=O)CCCN(CCNC(=O)C(=C)C)C(=O)C(CC1CCCCC1)N1C(=O)c2cc(Oc3ccccc3)c3c4c(Oc5ccccc5)cc5c6c(cc(Oc7ccccc7)c(c7c(Oc8ccccc8)cc(c2c37)C1=O)c64)C(=O)N(C(CC1CCCCC1)C(=O)N(CCNC(=O)C(=C)C)CCNC(=O)C(=C)C)C5=O. The van der Waals surface area contributed by atoms with Gasteiger partial charge in [0.15, 0.2) is 5.78 Å². The number of fused-ring (bicyclic) bond motifs is 2. The number of nitrogens with one attached hydrogen (secondary N) is 3. The van der Waals surface area contributed by atoms with E-state index in [1.165, 1.54) is 9.80 Å². The van der Waals surface area contributed by atoms with Gasteiger partial charge in [0.1, 0.15) is 58.1 Å². The Morgan fingerprint density at radius 3 is 0.929 bits per heavy atom. The number of nitrogens with zero attached hydrogens (tertiary/aromatic N) is 4. The van der Waals surface area contributed by atoms with E-state index in [9.17, 15) is 19.2 Å². The number of carbonyl (C=O) groups is 10. The molecule has 2 aliphatic carbocycles. The topological polar surface area (TPSA) is 257 Å². The molecule has 0 radical (unpaired) electrons. The molecule has 21 nitrogen and oxygen atoms in total. The Morgan fingerprint density at radius 2 is 0.661 bits per heavy atom. The van der Waals surface area contributed by atoms with Gasteiger partial charge in [-0.15, -0.1) is 0 Å². The van der Waals surface area contributed by atoms with Gasteiger partial charge in [-0.25, -0.2) is 0 Å². The van der Waals surface area contributed by atoms with Crippen molar-refractivity contribution in [2.75, 3.05) is 45.8 Å². The first-order valence-electron chi connectivity index (χ1n) is 38.7. The van der Waals surface area contributed by atoms with Crippen molar-refractivity contribution in [2.45, 2.75) is 130 Å². The van der Waals surface area contributed by atoms with E-state index in [2.05, 4.69) is 42.3 Å². The molecule has 4 aliphatic rings. The molecule has 21 heteroatoms. The number of hydrogen-bond acceptors (Lipinski definition) is 14. The summed E-state index contributed by atoms with van der Waals surface area (Å²) in [7, 11) is 0. The van der Waals surface area contributed by atoms with Crippen LogP contribution in [0.3, 0.4) is 0 Å². The monoisotopic (exact) mass is 1510 g/mol. The summed E-state index contributed by atoms with van der Waals surface area (Å²) < 4.78 is 28.9. The van der Waals surface area contributed by atoms with E-state index in [4.69, 9.17) is 18.9 Å². The quantitative estimate of drug-likeness (QED) is 0.0150. The van der Waals surface area contributed by atoms with E-state index in [1.54, 1.807) is 149 Å². The lowest BCUT2D eigenvalue weighted by Gasteiger charge is -2.39. The fourth-order valence-corrected chi connectivity index (χ4v) is 16.1. The third kappa shape index (κ3) is 16.5. The van der Waals surface area contributed by atoms with Crippen LogP contribution >= 0.6 is 0 Å². The Morgan fingerprint density at radius 1 is 0.384 bits per heavy atom. The highest BCUT2D eigenvalue weighted by Crippen LogP contribution is 2.58. The standard InChI is InChI=1S/C91H93N7O14/c1-54(2)70(99)40-27-44-95(45-41-92-83(100)55(3)4)90(107)68(48-58-28-15-9-16-29-58)97-86(103)64-50-71(109-60-32-19-11-20-33-60)77-79-73(111-62-36-23-13-24-37-62)52-66-76-67(53-74(112-63-38-25-14-26-39-63)80(82(76)79)78-72(110-61-34-21-12-22-35-61)51-65(87(97)104)75(64)81(77)78)89(106)98(88(66)105)69(49-59-30-17-10-18-31-59)91(108)96(46-42-93-84(101)56(5)6)47-43-94-85(102)57(7)8/h11-14,19-26,32-39,50-53,58-59,68-69H,1,3,5,7,9-10,15-18,27-31,40-49H2,2,4,6,8H3,(H,92,100)(H,93,101)(H,94,102). The van der Waals surface area contributed by atoms with Gasteiger partial charge in [0.25, 0.3) is 23.6 Å². The number of amides is 9. The average molecular weight is 1510 g/mol. The van der Waals surface area contributed by atoms with Crippen LogP contribution in [0, 0.1) is 11.8 Å². The molecule has 9 aromatic carbocycles. The van der Waals surface area contributed by atoms with Gasteiger partial charge in [0.2, 0.25) is 29.5 Å². The predicted octanol–water partition coefficient (Wildman–Crippen LogP) is 16.4. The van der Waals surface area contributed by atoms with Crippen LogP contribution in [0.4, 0.5) is 0 Å². The zero-order valence-electron chi connectivity index (χ0n) is 63.8. The predicted molar refractivity (Wildman–Crippen MR) is 430 cm³/mol. The molecular weight excluding hydrogens is 1420 g/mol. The van der Waals surface area contributed by atoms with Crippen molar-refractivity contribution in [3.63, 3.8) is 0 Å². The fourth-order valence-electron chi connectivity index (χ4n) is 16.1. The maximum atomic E-state index is 16.8. The number of para-hydroxylation sites is 4. The Hall–Kier alpha value is -12.3. The number of rotatable bonds is 33. The molecule has 576 valence electrons. The van der Waals surface area contributed by atoms with Crippen molar-refractivity contribution in [2.24, 2.45) is 11.8 Å². The molecule has 2 unspecified atom stereocenters. The van der Waals surface area contributed by atoms with Crippen LogP contribution in [0.1, 0.15) is 159 Å². The Kier molecular flexibility index (Phi) is 23.9. The summed E-state index contributed by atoms with van der Waals surface area (Å²) in [4.78, 5) is 157. The minimum Gasteiger partial charge on any atom is -0.457 e. The zero-order chi connectivity index (χ0) is 79.0. The molecule has 0 bridgehead atoms. The number of hydrogen-bond donors (Lipinski definition) is 3. The first kappa shape index (κ1) is 77.9. The van der Waals surface area contributed by atoms with Gasteiger partial charge in [-0.3, -0.25) is 57.7 Å². The Bertz CT molecular complexity index is 4640. The highest BCUT2D eigenvalue weighted by Gasteiger charge is 2.48. The summed E-state index contributed by atoms with van der Waals surface area (Å²) in [5.41, 5.74) is 0.984. The van der Waals surface area contributed by atoms with Crippen LogP contribution in [-0.2, 0) is 28.8 Å². The van der Waals surface area contributed by atoms with Crippen molar-refractivity contribution >= 4 is 102 Å². The Labute approximate surface area is 650 Å². The van der Waals surface area contributed by atoms with Crippen molar-refractivity contribution < 1.29 is 66.9 Å². The van der Waals surface area contributed by atoms with Gasteiger partial charge in [-0.2, -0.15) is 0 Å². The number of ether oxygens (including phenoxy) is 4. The van der Waals surface area contributed by atoms with Crippen LogP contribution < -0.4 is 34.9 Å². The molecule has 2 fully saturated rings. The third-order valence-corrected chi connectivity index (χ3v) is 21.7. The first-order valence-corrected chi connectivity index (χ1v) is 38.7. The van der Waals surface area contributed by atoms with E-state index in [0.717, 1.165) is 61.2 Å². The lowest BCUT2D eigenvalue weighted by Crippen LogP contribution is -2.56. The van der Waals surface area contributed by atoms with Gasteiger partial charge >= 0.3 is 0 Å². The summed E-state index contributed by atoms with van der Waals surface area (Å²) in [6.45, 7) is 21.2. The van der Waals surface area contributed by atoms with Crippen molar-refractivity contribution in [1.29, 1.82) is 0 Å². The van der Waals surface area contributed by atoms with Crippen LogP contribution in [0.2, 0.25) is 0 Å². The molecule has 2 atom stereocenters. The first-order chi connectivity index (χ1) is 54.1. The highest BCUT2D eigenvalue weighted by atomic mass is 16.5. The van der Waals surface area contributed by atoms with Gasteiger partial charge in [0, 0.05) is 112 Å². The number of imide groups is 2. The molecule has 9 aromatic rings. The average Bonchev–Trinajstić information content (AvgIpc) is 0.670. The smallest absolute Gasteiger partial charge is 0.262 e. The second-order valence-electron chi connectivity index (χ2n) is 29.9. The van der Waals surface area contributed by atoms with E-state index in [0.29, 0.717) is 41.4 Å². The fraction of sp³-hybridized carbons (Fsp3) is 0.319. The number of allylic oxidation sites excluding steroid dienone is 1. The molecular formula is C91H93N7O14. The maximum Gasteiger partial charge on any atom is 0.262 e. The van der Waals surface area contributed by atoms with Gasteiger partial charge in [-0.05, 0) is 137 Å². The molecule has 2 aliphatic heterocycles. The van der Waals surface area contributed by atoms with Crippen LogP contribution in [0.25, 0.3) is 43.1 Å². The van der Waals surface area contributed by atoms with Crippen LogP contribution in [0.15, 0.2) is 194 Å².